The Hall–Kier alpha value is -0.650. The Kier molecular flexibility index (Phi) is 6.45. The summed E-state index contributed by atoms with van der Waals surface area (Å²) >= 11 is 1.83. The minimum absolute atomic E-state index is 0.511. The molecule has 1 aromatic heterocycles. The summed E-state index contributed by atoms with van der Waals surface area (Å²) in [5.74, 6) is 0.648. The van der Waals surface area contributed by atoms with Crippen LogP contribution in [-0.2, 0) is 17.7 Å². The third-order valence-electron chi connectivity index (χ3n) is 3.89. The minimum Gasteiger partial charge on any atom is -0.381 e. The van der Waals surface area contributed by atoms with E-state index in [-0.39, 0.29) is 0 Å². The van der Waals surface area contributed by atoms with Crippen LogP contribution in [0, 0.1) is 5.92 Å². The molecule has 1 fully saturated rings. The zero-order chi connectivity index (χ0) is 15.2. The molecule has 1 aliphatic rings. The molecule has 21 heavy (non-hydrogen) atoms. The SMILES string of the molecule is CCc1nc(N(C)CC2CCCOC2)sc1CNC(C)C. The molecule has 1 aliphatic heterocycles. The van der Waals surface area contributed by atoms with Crippen molar-refractivity contribution in [2.24, 2.45) is 5.92 Å². The van der Waals surface area contributed by atoms with Crippen LogP contribution >= 0.6 is 11.3 Å². The topological polar surface area (TPSA) is 37.4 Å². The summed E-state index contributed by atoms with van der Waals surface area (Å²) < 4.78 is 5.58. The molecule has 2 heterocycles. The highest BCUT2D eigenvalue weighted by atomic mass is 32.1. The second kappa shape index (κ2) is 8.11. The third kappa shape index (κ3) is 4.94. The summed E-state index contributed by atoms with van der Waals surface area (Å²) in [5.41, 5.74) is 1.25. The van der Waals surface area contributed by atoms with Gasteiger partial charge in [0.05, 0.1) is 12.3 Å². The molecule has 5 heteroatoms. The fourth-order valence-corrected chi connectivity index (χ4v) is 3.73. The molecule has 120 valence electrons. The zero-order valence-corrected chi connectivity index (χ0v) is 14.6. The first kappa shape index (κ1) is 16.7. The average molecular weight is 311 g/mol. The molecule has 1 saturated heterocycles. The maximum atomic E-state index is 5.58. The molecule has 4 nitrogen and oxygen atoms in total. The smallest absolute Gasteiger partial charge is 0.185 e. The summed E-state index contributed by atoms with van der Waals surface area (Å²) in [7, 11) is 2.16. The number of aryl methyl sites for hydroxylation is 1. The predicted molar refractivity (Wildman–Crippen MR) is 90.3 cm³/mol. The van der Waals surface area contributed by atoms with E-state index in [9.17, 15) is 0 Å². The largest absolute Gasteiger partial charge is 0.381 e. The maximum Gasteiger partial charge on any atom is 0.185 e. The first-order chi connectivity index (χ1) is 10.1. The standard InChI is InChI=1S/C16H29N3OS/c1-5-14-15(9-17-12(2)3)21-16(18-14)19(4)10-13-7-6-8-20-11-13/h12-13,17H,5-11H2,1-4H3. The first-order valence-corrected chi connectivity index (χ1v) is 8.92. The highest BCUT2D eigenvalue weighted by molar-refractivity contribution is 7.15. The van der Waals surface area contributed by atoms with E-state index in [1.165, 1.54) is 23.4 Å². The Morgan fingerprint density at radius 1 is 1.48 bits per heavy atom. The van der Waals surface area contributed by atoms with Crippen molar-refractivity contribution in [1.82, 2.24) is 10.3 Å². The summed E-state index contributed by atoms with van der Waals surface area (Å²) in [6.45, 7) is 10.4. The van der Waals surface area contributed by atoms with Crippen molar-refractivity contribution in [1.29, 1.82) is 0 Å². The van der Waals surface area contributed by atoms with Gasteiger partial charge in [0, 0.05) is 37.7 Å². The Morgan fingerprint density at radius 2 is 2.29 bits per heavy atom. The summed E-state index contributed by atoms with van der Waals surface area (Å²) in [4.78, 5) is 8.53. The zero-order valence-electron chi connectivity index (χ0n) is 13.8. The number of hydrogen-bond acceptors (Lipinski definition) is 5. The van der Waals surface area contributed by atoms with E-state index >= 15 is 0 Å². The number of ether oxygens (including phenoxy) is 1. The molecule has 0 radical (unpaired) electrons. The molecule has 1 unspecified atom stereocenters. The van der Waals surface area contributed by atoms with Gasteiger partial charge in [-0.2, -0.15) is 0 Å². The van der Waals surface area contributed by atoms with Gasteiger partial charge >= 0.3 is 0 Å². The van der Waals surface area contributed by atoms with Crippen LogP contribution in [0.25, 0.3) is 0 Å². The molecular formula is C16H29N3OS. The highest BCUT2D eigenvalue weighted by Crippen LogP contribution is 2.27. The number of hydrogen-bond donors (Lipinski definition) is 1. The fraction of sp³-hybridized carbons (Fsp3) is 0.812. The van der Waals surface area contributed by atoms with Crippen LogP contribution < -0.4 is 10.2 Å². The normalized spacial score (nSPS) is 19.2. The van der Waals surface area contributed by atoms with Crippen molar-refractivity contribution in [2.45, 2.75) is 52.6 Å². The Bertz CT molecular complexity index is 427. The number of thiazole rings is 1. The molecule has 0 spiro atoms. The quantitative estimate of drug-likeness (QED) is 0.840. The van der Waals surface area contributed by atoms with Gasteiger partial charge in [0.1, 0.15) is 0 Å². The van der Waals surface area contributed by atoms with E-state index in [1.807, 2.05) is 11.3 Å². The van der Waals surface area contributed by atoms with Gasteiger partial charge in [-0.1, -0.05) is 20.8 Å². The van der Waals surface area contributed by atoms with Crippen molar-refractivity contribution in [3.63, 3.8) is 0 Å². The number of nitrogens with one attached hydrogen (secondary N) is 1. The van der Waals surface area contributed by atoms with Crippen LogP contribution in [0.1, 0.15) is 44.2 Å². The molecule has 0 amide bonds. The van der Waals surface area contributed by atoms with Gasteiger partial charge in [-0.25, -0.2) is 4.98 Å². The molecule has 1 atom stereocenters. The monoisotopic (exact) mass is 311 g/mol. The second-order valence-electron chi connectivity index (χ2n) is 6.22. The lowest BCUT2D eigenvalue weighted by molar-refractivity contribution is 0.0576. The van der Waals surface area contributed by atoms with E-state index in [4.69, 9.17) is 9.72 Å². The van der Waals surface area contributed by atoms with Crippen molar-refractivity contribution in [2.75, 3.05) is 31.7 Å². The molecule has 0 aliphatic carbocycles. The van der Waals surface area contributed by atoms with Gasteiger partial charge in [-0.05, 0) is 25.2 Å². The van der Waals surface area contributed by atoms with Crippen molar-refractivity contribution < 1.29 is 4.74 Å². The Morgan fingerprint density at radius 3 is 2.90 bits per heavy atom. The molecule has 1 N–H and O–H groups in total. The highest BCUT2D eigenvalue weighted by Gasteiger charge is 2.19. The Labute approximate surface area is 132 Å². The average Bonchev–Trinajstić information content (AvgIpc) is 2.89. The third-order valence-corrected chi connectivity index (χ3v) is 5.10. The van der Waals surface area contributed by atoms with Gasteiger partial charge in [-0.3, -0.25) is 0 Å². The molecular weight excluding hydrogens is 282 g/mol. The molecule has 1 aromatic rings. The summed E-state index contributed by atoms with van der Waals surface area (Å²) in [5, 5.41) is 4.65. The predicted octanol–water partition coefficient (Wildman–Crippen LogP) is 3.07. The van der Waals surface area contributed by atoms with Crippen molar-refractivity contribution in [3.8, 4) is 0 Å². The lowest BCUT2D eigenvalue weighted by atomic mass is 10.0. The molecule has 0 aromatic carbocycles. The van der Waals surface area contributed by atoms with Gasteiger partial charge in [0.2, 0.25) is 0 Å². The van der Waals surface area contributed by atoms with Gasteiger partial charge < -0.3 is 15.0 Å². The molecule has 0 saturated carbocycles. The van der Waals surface area contributed by atoms with Gasteiger partial charge in [0.25, 0.3) is 0 Å². The summed E-state index contributed by atoms with van der Waals surface area (Å²) in [6.07, 6.45) is 3.48. The van der Waals surface area contributed by atoms with Crippen LogP contribution in [-0.4, -0.2) is 37.8 Å². The molecule has 2 rings (SSSR count). The number of nitrogens with zero attached hydrogens (tertiary/aromatic N) is 2. The van der Waals surface area contributed by atoms with E-state index in [2.05, 4.69) is 38.0 Å². The van der Waals surface area contributed by atoms with E-state index < -0.39 is 0 Å². The van der Waals surface area contributed by atoms with Crippen LogP contribution in [0.5, 0.6) is 0 Å². The fourth-order valence-electron chi connectivity index (χ4n) is 2.66. The minimum atomic E-state index is 0.511. The van der Waals surface area contributed by atoms with Gasteiger partial charge in [0.15, 0.2) is 5.13 Å². The van der Waals surface area contributed by atoms with E-state index in [1.54, 1.807) is 0 Å². The van der Waals surface area contributed by atoms with Crippen LogP contribution in [0.2, 0.25) is 0 Å². The lowest BCUT2D eigenvalue weighted by Gasteiger charge is -2.26. The molecule has 0 bridgehead atoms. The van der Waals surface area contributed by atoms with Crippen molar-refractivity contribution in [3.05, 3.63) is 10.6 Å². The van der Waals surface area contributed by atoms with Crippen LogP contribution in [0.4, 0.5) is 5.13 Å². The number of rotatable bonds is 7. The van der Waals surface area contributed by atoms with E-state index in [0.29, 0.717) is 12.0 Å². The Balaban J connectivity index is 1.97. The maximum absolute atomic E-state index is 5.58. The van der Waals surface area contributed by atoms with Crippen LogP contribution in [0.15, 0.2) is 0 Å². The van der Waals surface area contributed by atoms with Crippen molar-refractivity contribution >= 4 is 16.5 Å². The van der Waals surface area contributed by atoms with E-state index in [0.717, 1.165) is 37.9 Å². The first-order valence-electron chi connectivity index (χ1n) is 8.11. The van der Waals surface area contributed by atoms with Gasteiger partial charge in [-0.15, -0.1) is 11.3 Å². The second-order valence-corrected chi connectivity index (χ2v) is 7.28. The summed E-state index contributed by atoms with van der Waals surface area (Å²) in [6, 6.07) is 0.511. The lowest BCUT2D eigenvalue weighted by Crippen LogP contribution is -2.30. The van der Waals surface area contributed by atoms with Crippen LogP contribution in [0.3, 0.4) is 0 Å². The number of anilines is 1. The number of aromatic nitrogens is 1.